The van der Waals surface area contributed by atoms with Crippen molar-refractivity contribution in [1.82, 2.24) is 4.98 Å². The predicted molar refractivity (Wildman–Crippen MR) is 46.7 cm³/mol. The van der Waals surface area contributed by atoms with E-state index in [0.29, 0.717) is 6.20 Å². The lowest BCUT2D eigenvalue weighted by Crippen LogP contribution is -2.13. The number of aromatic amines is 1. The zero-order chi connectivity index (χ0) is 11.8. The minimum atomic E-state index is -4.37. The number of H-pyrrole nitrogens is 1. The summed E-state index contributed by atoms with van der Waals surface area (Å²) in [6.45, 7) is 0. The molecular weight excluding hydrogens is 256 g/mol. The molecule has 1 rings (SSSR count). The van der Waals surface area contributed by atoms with Crippen molar-refractivity contribution in [2.24, 2.45) is 0 Å². The van der Waals surface area contributed by atoms with Crippen molar-refractivity contribution < 1.29 is 22.3 Å². The van der Waals surface area contributed by atoms with E-state index in [0.717, 1.165) is 0 Å². The van der Waals surface area contributed by atoms with Gasteiger partial charge in [0.25, 0.3) is 15.5 Å². The van der Waals surface area contributed by atoms with Crippen LogP contribution in [0.5, 0.6) is 5.75 Å². The van der Waals surface area contributed by atoms with Crippen LogP contribution in [0.2, 0.25) is 0 Å². The summed E-state index contributed by atoms with van der Waals surface area (Å²) in [5.41, 5.74) is -2.51. The molecule has 15 heavy (non-hydrogen) atoms. The Balaban J connectivity index is 3.56. The molecule has 0 amide bonds. The van der Waals surface area contributed by atoms with E-state index in [9.17, 15) is 22.0 Å². The number of alkyl halides is 2. The third kappa shape index (κ3) is 2.26. The average molecular weight is 260 g/mol. The molecule has 9 heteroatoms. The molecule has 2 N–H and O–H groups in total. The van der Waals surface area contributed by atoms with Gasteiger partial charge >= 0.3 is 0 Å². The molecule has 0 spiro atoms. The quantitative estimate of drug-likeness (QED) is 0.774. The molecule has 0 bridgehead atoms. The minimum Gasteiger partial charge on any atom is -0.503 e. The lowest BCUT2D eigenvalue weighted by Gasteiger charge is -2.03. The van der Waals surface area contributed by atoms with Crippen LogP contribution in [0.25, 0.3) is 0 Å². The van der Waals surface area contributed by atoms with E-state index in [1.165, 1.54) is 0 Å². The molecule has 0 aliphatic rings. The number of aromatic hydroxyl groups is 1. The van der Waals surface area contributed by atoms with E-state index in [4.69, 9.17) is 15.8 Å². The molecule has 1 heterocycles. The minimum absolute atomic E-state index is 0.506. The largest absolute Gasteiger partial charge is 0.503 e. The zero-order valence-corrected chi connectivity index (χ0v) is 8.44. The van der Waals surface area contributed by atoms with Crippen LogP contribution in [-0.2, 0) is 9.05 Å². The van der Waals surface area contributed by atoms with Crippen LogP contribution in [0.15, 0.2) is 15.9 Å². The Bertz CT molecular complexity index is 539. The number of hydrogen-bond donors (Lipinski definition) is 2. The zero-order valence-electron chi connectivity index (χ0n) is 6.87. The van der Waals surface area contributed by atoms with Gasteiger partial charge in [-0.3, -0.25) is 4.79 Å². The molecule has 0 atom stereocenters. The smallest absolute Gasteiger partial charge is 0.282 e. The second kappa shape index (κ2) is 3.78. The van der Waals surface area contributed by atoms with E-state index in [1.807, 2.05) is 0 Å². The highest BCUT2D eigenvalue weighted by molar-refractivity contribution is 8.13. The van der Waals surface area contributed by atoms with Crippen LogP contribution < -0.4 is 5.43 Å². The maximum atomic E-state index is 12.1. The van der Waals surface area contributed by atoms with Gasteiger partial charge in [0.1, 0.15) is 10.6 Å². The molecule has 0 radical (unpaired) electrons. The van der Waals surface area contributed by atoms with Crippen molar-refractivity contribution in [3.8, 4) is 5.75 Å². The van der Waals surface area contributed by atoms with Gasteiger partial charge in [-0.2, -0.15) is 0 Å². The molecule has 0 saturated carbocycles. The van der Waals surface area contributed by atoms with Crippen LogP contribution >= 0.6 is 10.7 Å². The van der Waals surface area contributed by atoms with Crippen molar-refractivity contribution in [3.63, 3.8) is 0 Å². The maximum absolute atomic E-state index is 12.1. The molecule has 0 saturated heterocycles. The maximum Gasteiger partial charge on any atom is 0.282 e. The normalized spacial score (nSPS) is 12.0. The predicted octanol–water partition coefficient (Wildman–Crippen LogP) is 0.946. The van der Waals surface area contributed by atoms with Gasteiger partial charge in [0, 0.05) is 16.9 Å². The standard InChI is InChI=1S/C6H4ClF2NO4S/c7-15(13,14)2-1-10-3(6(8)9)5(12)4(2)11/h1,6,12H,(H,10,11). The van der Waals surface area contributed by atoms with E-state index >= 15 is 0 Å². The third-order valence-electron chi connectivity index (χ3n) is 1.53. The van der Waals surface area contributed by atoms with Gasteiger partial charge in [0.05, 0.1) is 0 Å². The van der Waals surface area contributed by atoms with Gasteiger partial charge in [0.2, 0.25) is 5.43 Å². The number of halogens is 3. The molecule has 0 unspecified atom stereocenters. The summed E-state index contributed by atoms with van der Waals surface area (Å²) in [5.74, 6) is -1.35. The number of nitrogens with one attached hydrogen (secondary N) is 1. The van der Waals surface area contributed by atoms with Crippen molar-refractivity contribution >= 4 is 19.7 Å². The van der Waals surface area contributed by atoms with Crippen LogP contribution in [0.1, 0.15) is 12.1 Å². The average Bonchev–Trinajstić information content (AvgIpc) is 2.06. The van der Waals surface area contributed by atoms with Crippen LogP contribution in [0, 0.1) is 0 Å². The second-order valence-electron chi connectivity index (χ2n) is 2.48. The first-order valence-electron chi connectivity index (χ1n) is 3.42. The van der Waals surface area contributed by atoms with Gasteiger partial charge in [-0.15, -0.1) is 0 Å². The summed E-state index contributed by atoms with van der Waals surface area (Å²) in [4.78, 5) is 11.9. The second-order valence-corrected chi connectivity index (χ2v) is 5.02. The Morgan fingerprint density at radius 1 is 1.47 bits per heavy atom. The molecule has 0 aliphatic heterocycles. The molecule has 5 nitrogen and oxygen atoms in total. The summed E-state index contributed by atoms with van der Waals surface area (Å²) < 4.78 is 45.7. The first-order valence-corrected chi connectivity index (χ1v) is 5.73. The molecular formula is C6H4ClF2NO4S. The van der Waals surface area contributed by atoms with Gasteiger partial charge in [-0.25, -0.2) is 17.2 Å². The number of aromatic nitrogens is 1. The highest BCUT2D eigenvalue weighted by Crippen LogP contribution is 2.24. The van der Waals surface area contributed by atoms with Gasteiger partial charge in [-0.1, -0.05) is 0 Å². The molecule has 84 valence electrons. The summed E-state index contributed by atoms with van der Waals surface area (Å²) in [7, 11) is 0.446. The van der Waals surface area contributed by atoms with Gasteiger partial charge < -0.3 is 10.1 Å². The van der Waals surface area contributed by atoms with E-state index in [1.54, 1.807) is 4.98 Å². The molecule has 0 fully saturated rings. The van der Waals surface area contributed by atoms with E-state index < -0.39 is 37.2 Å². The lowest BCUT2D eigenvalue weighted by molar-refractivity contribution is 0.141. The fourth-order valence-corrected chi connectivity index (χ4v) is 1.73. The van der Waals surface area contributed by atoms with Crippen molar-refractivity contribution in [2.45, 2.75) is 11.3 Å². The first kappa shape index (κ1) is 11.9. The number of pyridine rings is 1. The Morgan fingerprint density at radius 2 is 2.00 bits per heavy atom. The summed E-state index contributed by atoms with van der Waals surface area (Å²) in [5, 5.41) is 8.97. The lowest BCUT2D eigenvalue weighted by atomic mass is 10.3. The Kier molecular flexibility index (Phi) is 3.00. The molecule has 1 aromatic heterocycles. The fourth-order valence-electron chi connectivity index (χ4n) is 0.864. The molecule has 0 aromatic carbocycles. The fraction of sp³-hybridized carbons (Fsp3) is 0.167. The number of rotatable bonds is 2. The summed E-state index contributed by atoms with van der Waals surface area (Å²) >= 11 is 0. The Labute approximate surface area is 86.7 Å². The Morgan fingerprint density at radius 3 is 2.40 bits per heavy atom. The van der Waals surface area contributed by atoms with Crippen LogP contribution in [-0.4, -0.2) is 18.5 Å². The highest BCUT2D eigenvalue weighted by atomic mass is 35.7. The number of hydrogen-bond acceptors (Lipinski definition) is 4. The van der Waals surface area contributed by atoms with Crippen LogP contribution in [0.4, 0.5) is 8.78 Å². The SMILES string of the molecule is O=c1c(S(=O)(=O)Cl)c[nH]c(C(F)F)c1O. The van der Waals surface area contributed by atoms with Crippen molar-refractivity contribution in [1.29, 1.82) is 0 Å². The summed E-state index contributed by atoms with van der Waals surface area (Å²) in [6.07, 6.45) is -2.61. The molecule has 1 aromatic rings. The van der Waals surface area contributed by atoms with E-state index in [2.05, 4.69) is 0 Å². The van der Waals surface area contributed by atoms with Gasteiger partial charge in [0.15, 0.2) is 5.75 Å². The molecule has 0 aliphatic carbocycles. The Hall–Kier alpha value is -1.15. The van der Waals surface area contributed by atoms with Crippen molar-refractivity contribution in [3.05, 3.63) is 22.1 Å². The third-order valence-corrected chi connectivity index (χ3v) is 2.86. The monoisotopic (exact) mass is 259 g/mol. The summed E-state index contributed by atoms with van der Waals surface area (Å²) in [6, 6.07) is 0. The van der Waals surface area contributed by atoms with Gasteiger partial charge in [-0.05, 0) is 0 Å². The topological polar surface area (TPSA) is 87.2 Å². The van der Waals surface area contributed by atoms with Crippen LogP contribution in [0.3, 0.4) is 0 Å². The first-order chi connectivity index (χ1) is 6.75. The van der Waals surface area contributed by atoms with Crippen molar-refractivity contribution in [2.75, 3.05) is 0 Å². The van der Waals surface area contributed by atoms with E-state index in [-0.39, 0.29) is 0 Å². The highest BCUT2D eigenvalue weighted by Gasteiger charge is 2.23.